The zero-order valence-electron chi connectivity index (χ0n) is 18.1. The highest BCUT2D eigenvalue weighted by Crippen LogP contribution is 2.30. The standard InChI is InChI=1S/C17H26N2O2.C7H4ClF3/c20-16(21)10-6-4-2-1-3-5-9-15-12-11-14-8-7-13-18-17(14)19-15;8-6-3-1-2-5(4-6)7(9,10)11/h11-12H,1-10,13H2,(H,18,19)(H,20,21);1-4H. The van der Waals surface area contributed by atoms with Gasteiger partial charge in [0.1, 0.15) is 5.82 Å². The van der Waals surface area contributed by atoms with E-state index in [0.29, 0.717) is 6.42 Å². The molecule has 0 saturated heterocycles. The van der Waals surface area contributed by atoms with Gasteiger partial charge in [-0.25, -0.2) is 4.98 Å². The average Bonchev–Trinajstić information content (AvgIpc) is 2.75. The maximum Gasteiger partial charge on any atom is 0.416 e. The number of benzene rings is 1. The van der Waals surface area contributed by atoms with Crippen LogP contribution in [0.1, 0.15) is 68.2 Å². The molecule has 0 unspecified atom stereocenters. The Kier molecular flexibility index (Phi) is 10.8. The highest BCUT2D eigenvalue weighted by atomic mass is 35.5. The molecule has 2 aromatic rings. The summed E-state index contributed by atoms with van der Waals surface area (Å²) in [5.74, 6) is 0.412. The summed E-state index contributed by atoms with van der Waals surface area (Å²) in [7, 11) is 0. The van der Waals surface area contributed by atoms with Crippen LogP contribution in [0.4, 0.5) is 19.0 Å². The zero-order chi connectivity index (χ0) is 23.4. The molecular weight excluding hydrogens is 441 g/mol. The number of carboxylic acids is 1. The van der Waals surface area contributed by atoms with Crippen LogP contribution >= 0.6 is 11.6 Å². The van der Waals surface area contributed by atoms with Crippen molar-refractivity contribution in [3.8, 4) is 0 Å². The smallest absolute Gasteiger partial charge is 0.416 e. The highest BCUT2D eigenvalue weighted by Gasteiger charge is 2.30. The van der Waals surface area contributed by atoms with Gasteiger partial charge in [-0.05, 0) is 61.9 Å². The van der Waals surface area contributed by atoms with Crippen molar-refractivity contribution in [2.24, 2.45) is 0 Å². The Labute approximate surface area is 192 Å². The lowest BCUT2D eigenvalue weighted by Gasteiger charge is -2.17. The van der Waals surface area contributed by atoms with E-state index in [1.807, 2.05) is 0 Å². The van der Waals surface area contributed by atoms with Gasteiger partial charge in [0.2, 0.25) is 0 Å². The van der Waals surface area contributed by atoms with Gasteiger partial charge in [0, 0.05) is 23.7 Å². The van der Waals surface area contributed by atoms with Gasteiger partial charge in [0.05, 0.1) is 5.56 Å². The minimum absolute atomic E-state index is 0.0971. The van der Waals surface area contributed by atoms with Crippen molar-refractivity contribution in [1.82, 2.24) is 4.98 Å². The van der Waals surface area contributed by atoms with Crippen LogP contribution in [-0.2, 0) is 23.8 Å². The van der Waals surface area contributed by atoms with Crippen LogP contribution in [0.5, 0.6) is 0 Å². The third kappa shape index (κ3) is 9.90. The van der Waals surface area contributed by atoms with Gasteiger partial charge in [0.15, 0.2) is 0 Å². The maximum absolute atomic E-state index is 11.9. The predicted octanol–water partition coefficient (Wildman–Crippen LogP) is 7.16. The van der Waals surface area contributed by atoms with E-state index in [2.05, 4.69) is 17.4 Å². The number of hydrogen-bond donors (Lipinski definition) is 2. The lowest BCUT2D eigenvalue weighted by atomic mass is 10.0. The summed E-state index contributed by atoms with van der Waals surface area (Å²) < 4.78 is 35.7. The molecular formula is C24H30ClF3N2O2. The van der Waals surface area contributed by atoms with Gasteiger partial charge < -0.3 is 10.4 Å². The number of carbonyl (C=O) groups is 1. The first-order valence-corrected chi connectivity index (χ1v) is 11.4. The van der Waals surface area contributed by atoms with Crippen molar-refractivity contribution in [3.05, 3.63) is 58.2 Å². The van der Waals surface area contributed by atoms with Gasteiger partial charge in [-0.15, -0.1) is 0 Å². The molecule has 0 aliphatic carbocycles. The Hall–Kier alpha value is -2.28. The molecule has 0 spiro atoms. The molecule has 4 nitrogen and oxygen atoms in total. The molecule has 0 amide bonds. The molecule has 32 heavy (non-hydrogen) atoms. The Morgan fingerprint density at radius 2 is 1.78 bits per heavy atom. The van der Waals surface area contributed by atoms with E-state index in [0.717, 1.165) is 56.6 Å². The van der Waals surface area contributed by atoms with Crippen LogP contribution < -0.4 is 5.32 Å². The summed E-state index contributed by atoms with van der Waals surface area (Å²) in [6.45, 7) is 1.04. The van der Waals surface area contributed by atoms with Crippen molar-refractivity contribution >= 4 is 23.4 Å². The molecule has 2 heterocycles. The number of aliphatic carboxylic acids is 1. The number of fused-ring (bicyclic) bond motifs is 1. The van der Waals surface area contributed by atoms with Crippen LogP contribution in [0, 0.1) is 0 Å². The second kappa shape index (κ2) is 13.3. The van der Waals surface area contributed by atoms with Crippen LogP contribution in [0.2, 0.25) is 5.02 Å². The third-order valence-corrected chi connectivity index (χ3v) is 5.41. The molecule has 3 rings (SSSR count). The number of aryl methyl sites for hydroxylation is 2. The fourth-order valence-electron chi connectivity index (χ4n) is 3.46. The molecule has 1 aromatic carbocycles. The zero-order valence-corrected chi connectivity index (χ0v) is 18.8. The van der Waals surface area contributed by atoms with E-state index < -0.39 is 17.7 Å². The molecule has 0 fully saturated rings. The average molecular weight is 471 g/mol. The number of carboxylic acid groups (broad SMARTS) is 1. The summed E-state index contributed by atoms with van der Waals surface area (Å²) in [5.41, 5.74) is 1.82. The van der Waals surface area contributed by atoms with Crippen LogP contribution in [-0.4, -0.2) is 22.6 Å². The summed E-state index contributed by atoms with van der Waals surface area (Å²) in [6, 6.07) is 8.92. The normalized spacial score (nSPS) is 12.9. The Balaban J connectivity index is 0.000000278. The number of rotatable bonds is 9. The van der Waals surface area contributed by atoms with Gasteiger partial charge in [-0.2, -0.15) is 13.2 Å². The van der Waals surface area contributed by atoms with E-state index in [4.69, 9.17) is 21.7 Å². The minimum atomic E-state index is -4.30. The molecule has 1 aliphatic rings. The largest absolute Gasteiger partial charge is 0.481 e. The molecule has 0 atom stereocenters. The second-order valence-corrected chi connectivity index (χ2v) is 8.30. The second-order valence-electron chi connectivity index (χ2n) is 7.86. The number of alkyl halides is 3. The van der Waals surface area contributed by atoms with E-state index in [1.165, 1.54) is 49.1 Å². The van der Waals surface area contributed by atoms with Crippen LogP contribution in [0.15, 0.2) is 36.4 Å². The van der Waals surface area contributed by atoms with E-state index in [-0.39, 0.29) is 5.02 Å². The molecule has 0 saturated carbocycles. The number of anilines is 1. The number of aromatic nitrogens is 1. The Bertz CT molecular complexity index is 859. The Morgan fingerprint density at radius 1 is 1.06 bits per heavy atom. The summed E-state index contributed by atoms with van der Waals surface area (Å²) in [6.07, 6.45) is 5.98. The molecule has 1 aliphatic heterocycles. The number of nitrogens with one attached hydrogen (secondary N) is 1. The fraction of sp³-hybridized carbons (Fsp3) is 0.500. The first kappa shape index (κ1) is 26.0. The third-order valence-electron chi connectivity index (χ3n) is 5.18. The van der Waals surface area contributed by atoms with Crippen LogP contribution in [0.3, 0.4) is 0 Å². The van der Waals surface area contributed by atoms with Gasteiger partial charge in [-0.1, -0.05) is 49.4 Å². The van der Waals surface area contributed by atoms with Crippen molar-refractivity contribution in [3.63, 3.8) is 0 Å². The van der Waals surface area contributed by atoms with Gasteiger partial charge in [0.25, 0.3) is 0 Å². The number of unbranched alkanes of at least 4 members (excludes halogenated alkanes) is 5. The van der Waals surface area contributed by atoms with Crippen molar-refractivity contribution in [1.29, 1.82) is 0 Å². The fourth-order valence-corrected chi connectivity index (χ4v) is 3.65. The van der Waals surface area contributed by atoms with E-state index in [1.54, 1.807) is 0 Å². The maximum atomic E-state index is 11.9. The monoisotopic (exact) mass is 470 g/mol. The molecule has 8 heteroatoms. The van der Waals surface area contributed by atoms with Gasteiger partial charge >= 0.3 is 12.1 Å². The number of halogens is 4. The first-order valence-electron chi connectivity index (χ1n) is 11.0. The topological polar surface area (TPSA) is 62.2 Å². The number of hydrogen-bond acceptors (Lipinski definition) is 3. The molecule has 2 N–H and O–H groups in total. The number of pyridine rings is 1. The lowest BCUT2D eigenvalue weighted by molar-refractivity contribution is -0.138. The molecule has 0 bridgehead atoms. The van der Waals surface area contributed by atoms with Crippen LogP contribution in [0.25, 0.3) is 0 Å². The quantitative estimate of drug-likeness (QED) is 0.382. The molecule has 0 radical (unpaired) electrons. The number of nitrogens with zero attached hydrogens (tertiary/aromatic N) is 1. The SMILES string of the molecule is FC(F)(F)c1cccc(Cl)c1.O=C(O)CCCCCCCCc1ccc2c(n1)NCCC2. The first-order chi connectivity index (χ1) is 15.3. The van der Waals surface area contributed by atoms with Crippen molar-refractivity contribution in [2.45, 2.75) is 70.4 Å². The van der Waals surface area contributed by atoms with Crippen molar-refractivity contribution in [2.75, 3.05) is 11.9 Å². The summed E-state index contributed by atoms with van der Waals surface area (Å²) in [4.78, 5) is 15.1. The lowest BCUT2D eigenvalue weighted by Crippen LogP contribution is -2.13. The summed E-state index contributed by atoms with van der Waals surface area (Å²) >= 11 is 5.35. The molecule has 176 valence electrons. The van der Waals surface area contributed by atoms with Gasteiger partial charge in [-0.3, -0.25) is 4.79 Å². The Morgan fingerprint density at radius 3 is 2.44 bits per heavy atom. The highest BCUT2D eigenvalue weighted by molar-refractivity contribution is 6.30. The summed E-state index contributed by atoms with van der Waals surface area (Å²) in [5, 5.41) is 12.0. The van der Waals surface area contributed by atoms with E-state index >= 15 is 0 Å². The van der Waals surface area contributed by atoms with Crippen molar-refractivity contribution < 1.29 is 23.1 Å². The minimum Gasteiger partial charge on any atom is -0.481 e. The van der Waals surface area contributed by atoms with E-state index in [9.17, 15) is 18.0 Å². The molecule has 1 aromatic heterocycles. The predicted molar refractivity (Wildman–Crippen MR) is 121 cm³/mol.